The number of imidazole rings is 1. The fourth-order valence-electron chi connectivity index (χ4n) is 1.01. The molecule has 0 radical (unpaired) electrons. The van der Waals surface area contributed by atoms with Gasteiger partial charge in [-0.15, -0.1) is 0 Å². The molecular formula is C9H13BF5N3. The zero-order chi connectivity index (χ0) is 14.6. The second-order valence-corrected chi connectivity index (χ2v) is 3.58. The molecule has 3 nitrogen and oxygen atoms in total. The number of rotatable bonds is 1. The van der Waals surface area contributed by atoms with Gasteiger partial charge in [-0.2, -0.15) is 0 Å². The maximum absolute atomic E-state index is 11.2. The van der Waals surface area contributed by atoms with E-state index < -0.39 is 12.8 Å². The normalized spacial score (nSPS) is 11.5. The van der Waals surface area contributed by atoms with Gasteiger partial charge in [-0.3, -0.25) is 0 Å². The van der Waals surface area contributed by atoms with Gasteiger partial charge in [0.05, 0.1) is 13.6 Å². The Morgan fingerprint density at radius 2 is 1.94 bits per heavy atom. The predicted octanol–water partition coefficient (Wildman–Crippen LogP) is 2.17. The quantitative estimate of drug-likeness (QED) is 0.437. The summed E-state index contributed by atoms with van der Waals surface area (Å²) in [4.78, 5) is 0. The summed E-state index contributed by atoms with van der Waals surface area (Å²) >= 11 is 0. The Kier molecular flexibility index (Phi) is 5.33. The molecule has 0 aromatic carbocycles. The summed E-state index contributed by atoms with van der Waals surface area (Å²) in [5.41, 5.74) is 0. The molecule has 0 amide bonds. The van der Waals surface area contributed by atoms with E-state index in [2.05, 4.69) is 42.4 Å². The molecule has 0 unspecified atom stereocenters. The summed E-state index contributed by atoms with van der Waals surface area (Å²) in [6.45, 7) is -0.504. The molecule has 0 fully saturated rings. The number of nitriles is 1. The molecule has 1 rings (SSSR count). The van der Waals surface area contributed by atoms with Crippen LogP contribution in [0.3, 0.4) is 0 Å². The molecule has 1 heterocycles. The summed E-state index contributed by atoms with van der Waals surface area (Å²) < 4.78 is 59.5. The standard InChI is InChI=1S/C7H13N2.C2BF5N/c1-4-9-6-5-8(3)7(9)2;4-2(5,6)3(7,8)1-9/h5-6H,4H2,1-3H3;/q+1;-1. The molecule has 0 aliphatic carbocycles. The molecule has 0 spiro atoms. The summed E-state index contributed by atoms with van der Waals surface area (Å²) in [5, 5.41) is 7.24. The SMILES string of the molecule is CCn1cc[n+](C)c1C.N#C[B-](F)(F)C(F)(F)F. The van der Waals surface area contributed by atoms with Crippen LogP contribution in [-0.2, 0) is 13.6 Å². The highest BCUT2D eigenvalue weighted by Gasteiger charge is 2.52. The summed E-state index contributed by atoms with van der Waals surface area (Å²) in [6, 6.07) is 0. The van der Waals surface area contributed by atoms with Gasteiger partial charge in [-0.25, -0.2) is 27.6 Å². The van der Waals surface area contributed by atoms with Gasteiger partial charge in [0.15, 0.2) is 0 Å². The Hall–Kier alpha value is -1.59. The smallest absolute Gasteiger partial charge is 0.459 e. The number of nitrogens with zero attached hydrogens (tertiary/aromatic N) is 3. The molecule has 1 aromatic heterocycles. The highest BCUT2D eigenvalue weighted by Crippen LogP contribution is 2.29. The Balaban J connectivity index is 0.000000321. The van der Waals surface area contributed by atoms with Crippen LogP contribution in [0.25, 0.3) is 0 Å². The Morgan fingerprint density at radius 3 is 2.06 bits per heavy atom. The topological polar surface area (TPSA) is 32.6 Å². The third-order valence-electron chi connectivity index (χ3n) is 2.31. The summed E-state index contributed by atoms with van der Waals surface area (Å²) in [5.74, 6) is 1.19. The van der Waals surface area contributed by atoms with E-state index in [1.165, 1.54) is 5.82 Å². The van der Waals surface area contributed by atoms with Gasteiger partial charge >= 0.3 is 12.8 Å². The third-order valence-corrected chi connectivity index (χ3v) is 2.31. The molecule has 0 atom stereocenters. The van der Waals surface area contributed by atoms with E-state index in [-0.39, 0.29) is 5.97 Å². The molecule has 18 heavy (non-hydrogen) atoms. The van der Waals surface area contributed by atoms with Crippen LogP contribution in [0.4, 0.5) is 21.8 Å². The average molecular weight is 269 g/mol. The minimum Gasteiger partial charge on any atom is -0.459 e. The summed E-state index contributed by atoms with van der Waals surface area (Å²) in [6.07, 6.45) is -1.52. The predicted molar refractivity (Wildman–Crippen MR) is 55.7 cm³/mol. The first-order valence-electron chi connectivity index (χ1n) is 5.07. The van der Waals surface area contributed by atoms with Crippen molar-refractivity contribution in [3.05, 3.63) is 18.2 Å². The Labute approximate surface area is 101 Å². The minimum absolute atomic E-state index is 0.115. The second-order valence-electron chi connectivity index (χ2n) is 3.58. The molecule has 0 bridgehead atoms. The first-order valence-corrected chi connectivity index (χ1v) is 5.07. The Morgan fingerprint density at radius 1 is 1.44 bits per heavy atom. The molecule has 0 saturated carbocycles. The molecule has 0 aliphatic rings. The molecular weight excluding hydrogens is 256 g/mol. The van der Waals surface area contributed by atoms with Crippen molar-refractivity contribution < 1.29 is 26.4 Å². The number of alkyl halides is 3. The van der Waals surface area contributed by atoms with Crippen molar-refractivity contribution in [1.29, 1.82) is 5.26 Å². The largest absolute Gasteiger partial charge is 0.509 e. The van der Waals surface area contributed by atoms with E-state index in [4.69, 9.17) is 5.26 Å². The number of aromatic nitrogens is 2. The zero-order valence-electron chi connectivity index (χ0n) is 10.2. The number of halogens is 5. The van der Waals surface area contributed by atoms with Crippen LogP contribution < -0.4 is 4.57 Å². The Bertz CT molecular complexity index is 432. The second kappa shape index (κ2) is 5.84. The molecule has 0 saturated heterocycles. The van der Waals surface area contributed by atoms with E-state index in [1.54, 1.807) is 0 Å². The van der Waals surface area contributed by atoms with Crippen molar-refractivity contribution in [2.45, 2.75) is 26.5 Å². The van der Waals surface area contributed by atoms with Crippen molar-refractivity contribution in [3.8, 4) is 5.97 Å². The van der Waals surface area contributed by atoms with Gasteiger partial charge in [0.1, 0.15) is 12.4 Å². The van der Waals surface area contributed by atoms with Crippen LogP contribution in [0.5, 0.6) is 0 Å². The number of hydrogen-bond acceptors (Lipinski definition) is 1. The van der Waals surface area contributed by atoms with Gasteiger partial charge in [0.2, 0.25) is 0 Å². The van der Waals surface area contributed by atoms with Crippen molar-refractivity contribution in [3.63, 3.8) is 0 Å². The third kappa shape index (κ3) is 4.02. The minimum atomic E-state index is -5.83. The lowest BCUT2D eigenvalue weighted by Gasteiger charge is -2.18. The van der Waals surface area contributed by atoms with Crippen LogP contribution in [-0.4, -0.2) is 17.3 Å². The molecule has 102 valence electrons. The maximum atomic E-state index is 11.2. The number of aryl methyl sites for hydroxylation is 2. The lowest BCUT2D eigenvalue weighted by Crippen LogP contribution is -2.40. The van der Waals surface area contributed by atoms with E-state index in [0.29, 0.717) is 0 Å². The van der Waals surface area contributed by atoms with Gasteiger partial charge in [0, 0.05) is 6.92 Å². The highest BCUT2D eigenvalue weighted by atomic mass is 19.4. The molecule has 0 N–H and O–H groups in total. The van der Waals surface area contributed by atoms with Crippen molar-refractivity contribution in [2.24, 2.45) is 7.05 Å². The lowest BCUT2D eigenvalue weighted by atomic mass is 9.66. The van der Waals surface area contributed by atoms with Crippen molar-refractivity contribution in [2.75, 3.05) is 0 Å². The number of hydrogen-bond donors (Lipinski definition) is 0. The monoisotopic (exact) mass is 269 g/mol. The first kappa shape index (κ1) is 16.4. The first-order chi connectivity index (χ1) is 8.06. The van der Waals surface area contributed by atoms with E-state index in [0.717, 1.165) is 6.54 Å². The fraction of sp³-hybridized carbons (Fsp3) is 0.556. The molecule has 9 heteroatoms. The highest BCUT2D eigenvalue weighted by molar-refractivity contribution is 6.75. The average Bonchev–Trinajstić information content (AvgIpc) is 2.58. The summed E-state index contributed by atoms with van der Waals surface area (Å²) in [7, 11) is 2.06. The van der Waals surface area contributed by atoms with E-state index in [9.17, 15) is 21.8 Å². The lowest BCUT2D eigenvalue weighted by molar-refractivity contribution is -0.677. The van der Waals surface area contributed by atoms with Crippen LogP contribution >= 0.6 is 0 Å². The van der Waals surface area contributed by atoms with Gasteiger partial charge < -0.3 is 8.63 Å². The van der Waals surface area contributed by atoms with Crippen molar-refractivity contribution >= 4 is 6.70 Å². The van der Waals surface area contributed by atoms with E-state index >= 15 is 0 Å². The zero-order valence-corrected chi connectivity index (χ0v) is 10.2. The fourth-order valence-corrected chi connectivity index (χ4v) is 1.01. The maximum Gasteiger partial charge on any atom is 0.509 e. The van der Waals surface area contributed by atoms with Gasteiger partial charge in [-0.1, -0.05) is 5.97 Å². The van der Waals surface area contributed by atoms with Crippen molar-refractivity contribution in [1.82, 2.24) is 4.57 Å². The molecule has 0 aliphatic heterocycles. The van der Waals surface area contributed by atoms with E-state index in [1.807, 2.05) is 0 Å². The van der Waals surface area contributed by atoms with Crippen LogP contribution in [0.15, 0.2) is 12.4 Å². The van der Waals surface area contributed by atoms with Gasteiger partial charge in [0.25, 0.3) is 5.82 Å². The van der Waals surface area contributed by atoms with Crippen LogP contribution in [0.1, 0.15) is 12.7 Å². The molecule has 1 aromatic rings. The van der Waals surface area contributed by atoms with Gasteiger partial charge in [-0.05, 0) is 6.92 Å². The van der Waals surface area contributed by atoms with Crippen LogP contribution in [0.2, 0.25) is 0 Å². The van der Waals surface area contributed by atoms with Crippen LogP contribution in [0, 0.1) is 18.2 Å².